The molecule has 20 heavy (non-hydrogen) atoms. The molecule has 0 aromatic heterocycles. The molecule has 1 heterocycles. The lowest BCUT2D eigenvalue weighted by molar-refractivity contribution is -0.159. The molecule has 6 heteroatoms. The molecule has 5 nitrogen and oxygen atoms in total. The Balaban J connectivity index is 0.000000286. The van der Waals surface area contributed by atoms with Crippen molar-refractivity contribution in [1.29, 1.82) is 0 Å². The molecule has 1 aliphatic heterocycles. The number of carboxylic acid groups (broad SMARTS) is 2. The van der Waals surface area contributed by atoms with Crippen LogP contribution in [0.1, 0.15) is 37.3 Å². The van der Waals surface area contributed by atoms with Crippen LogP contribution in [0, 0.1) is 0 Å². The van der Waals surface area contributed by atoms with E-state index in [0.29, 0.717) is 6.04 Å². The molecule has 1 aromatic rings. The number of aliphatic carboxylic acids is 2. The molecule has 0 spiro atoms. The van der Waals surface area contributed by atoms with E-state index in [2.05, 4.69) is 17.4 Å². The Kier molecular flexibility index (Phi) is 7.04. The minimum atomic E-state index is -1.82. The highest BCUT2D eigenvalue weighted by Crippen LogP contribution is 2.27. The topological polar surface area (TPSA) is 86.6 Å². The van der Waals surface area contributed by atoms with Gasteiger partial charge in [0, 0.05) is 11.1 Å². The monoisotopic (exact) mass is 299 g/mol. The number of hydrogen-bond acceptors (Lipinski definition) is 3. The summed E-state index contributed by atoms with van der Waals surface area (Å²) in [5.41, 5.74) is 1.26. The highest BCUT2D eigenvalue weighted by Gasteiger charge is 2.15. The van der Waals surface area contributed by atoms with E-state index < -0.39 is 11.9 Å². The molecule has 0 bridgehead atoms. The van der Waals surface area contributed by atoms with E-state index in [1.54, 1.807) is 0 Å². The smallest absolute Gasteiger partial charge is 0.414 e. The molecule has 2 rings (SSSR count). The molecule has 1 fully saturated rings. The van der Waals surface area contributed by atoms with Crippen molar-refractivity contribution < 1.29 is 19.8 Å². The second-order valence-corrected chi connectivity index (χ2v) is 4.90. The zero-order valence-corrected chi connectivity index (χ0v) is 11.8. The fraction of sp³-hybridized carbons (Fsp3) is 0.429. The van der Waals surface area contributed by atoms with Gasteiger partial charge < -0.3 is 15.5 Å². The summed E-state index contributed by atoms with van der Waals surface area (Å²) >= 11 is 6.17. The summed E-state index contributed by atoms with van der Waals surface area (Å²) in [6.07, 6.45) is 5.15. The van der Waals surface area contributed by atoms with Crippen LogP contribution in [0.4, 0.5) is 0 Å². The molecule has 0 radical (unpaired) electrons. The number of nitrogens with one attached hydrogen (secondary N) is 1. The molecule has 1 aliphatic rings. The van der Waals surface area contributed by atoms with Gasteiger partial charge in [0.25, 0.3) is 0 Å². The van der Waals surface area contributed by atoms with Crippen molar-refractivity contribution in [2.24, 2.45) is 0 Å². The highest BCUT2D eigenvalue weighted by atomic mass is 35.5. The van der Waals surface area contributed by atoms with Gasteiger partial charge in [0.2, 0.25) is 0 Å². The maximum absolute atomic E-state index is 9.10. The summed E-state index contributed by atoms with van der Waals surface area (Å²) in [7, 11) is 0. The van der Waals surface area contributed by atoms with E-state index >= 15 is 0 Å². The van der Waals surface area contributed by atoms with Crippen molar-refractivity contribution in [3.05, 3.63) is 34.9 Å². The summed E-state index contributed by atoms with van der Waals surface area (Å²) in [6, 6.07) is 8.62. The van der Waals surface area contributed by atoms with Gasteiger partial charge in [-0.1, -0.05) is 42.6 Å². The van der Waals surface area contributed by atoms with Gasteiger partial charge in [-0.2, -0.15) is 0 Å². The van der Waals surface area contributed by atoms with Crippen molar-refractivity contribution in [3.63, 3.8) is 0 Å². The second-order valence-electron chi connectivity index (χ2n) is 4.49. The third-order valence-corrected chi connectivity index (χ3v) is 3.37. The molecule has 0 saturated carbocycles. The van der Waals surface area contributed by atoms with E-state index in [9.17, 15) is 0 Å². The fourth-order valence-electron chi connectivity index (χ4n) is 2.05. The van der Waals surface area contributed by atoms with Gasteiger partial charge in [0.15, 0.2) is 0 Å². The maximum atomic E-state index is 9.10. The number of halogens is 1. The van der Waals surface area contributed by atoms with E-state index in [1.165, 1.54) is 31.2 Å². The molecule has 3 N–H and O–H groups in total. The Morgan fingerprint density at radius 1 is 1.10 bits per heavy atom. The van der Waals surface area contributed by atoms with Crippen molar-refractivity contribution in [2.75, 3.05) is 6.54 Å². The zero-order chi connectivity index (χ0) is 15.0. The largest absolute Gasteiger partial charge is 0.473 e. The van der Waals surface area contributed by atoms with Crippen LogP contribution in [-0.2, 0) is 9.59 Å². The Morgan fingerprint density at radius 3 is 2.35 bits per heavy atom. The van der Waals surface area contributed by atoms with Crippen LogP contribution in [0.15, 0.2) is 24.3 Å². The molecule has 110 valence electrons. The van der Waals surface area contributed by atoms with Crippen molar-refractivity contribution >= 4 is 23.5 Å². The SMILES string of the molecule is Clc1ccccc1C1CCCCCN1.O=C(O)C(=O)O. The standard InChI is InChI=1S/C12H16ClN.C2H2O4/c13-11-7-4-3-6-10(11)12-8-2-1-5-9-14-12;3-1(4)2(5)6/h3-4,6-7,12,14H,1-2,5,8-9H2;(H,3,4)(H,5,6). The van der Waals surface area contributed by atoms with E-state index in [4.69, 9.17) is 31.4 Å². The van der Waals surface area contributed by atoms with Crippen LogP contribution >= 0.6 is 11.6 Å². The van der Waals surface area contributed by atoms with Gasteiger partial charge in [0.05, 0.1) is 0 Å². The first-order valence-corrected chi connectivity index (χ1v) is 6.84. The normalized spacial score (nSPS) is 18.4. The summed E-state index contributed by atoms with van der Waals surface area (Å²) in [5, 5.41) is 19.2. The Bertz CT molecular complexity index is 444. The van der Waals surface area contributed by atoms with E-state index in [1.807, 2.05) is 12.1 Å². The number of carboxylic acids is 2. The second kappa shape index (κ2) is 8.55. The van der Waals surface area contributed by atoms with E-state index in [-0.39, 0.29) is 0 Å². The molecule has 1 saturated heterocycles. The van der Waals surface area contributed by atoms with Crippen molar-refractivity contribution in [3.8, 4) is 0 Å². The summed E-state index contributed by atoms with van der Waals surface area (Å²) in [4.78, 5) is 18.2. The lowest BCUT2D eigenvalue weighted by atomic mass is 10.0. The number of carbonyl (C=O) groups is 2. The average Bonchev–Trinajstić information content (AvgIpc) is 2.68. The van der Waals surface area contributed by atoms with Crippen LogP contribution in [0.5, 0.6) is 0 Å². The Morgan fingerprint density at radius 2 is 1.75 bits per heavy atom. The molecular weight excluding hydrogens is 282 g/mol. The molecule has 1 atom stereocenters. The summed E-state index contributed by atoms with van der Waals surface area (Å²) in [6.45, 7) is 1.12. The lowest BCUT2D eigenvalue weighted by Gasteiger charge is -2.17. The van der Waals surface area contributed by atoms with Crippen LogP contribution in [0.25, 0.3) is 0 Å². The maximum Gasteiger partial charge on any atom is 0.414 e. The first kappa shape index (κ1) is 16.5. The first-order chi connectivity index (χ1) is 9.52. The third-order valence-electron chi connectivity index (χ3n) is 3.02. The summed E-state index contributed by atoms with van der Waals surface area (Å²) < 4.78 is 0. The Hall–Kier alpha value is -1.59. The molecular formula is C14H18ClNO4. The van der Waals surface area contributed by atoms with Gasteiger partial charge >= 0.3 is 11.9 Å². The van der Waals surface area contributed by atoms with Crippen molar-refractivity contribution in [2.45, 2.75) is 31.7 Å². The van der Waals surface area contributed by atoms with Crippen molar-refractivity contribution in [1.82, 2.24) is 5.32 Å². The third kappa shape index (κ3) is 5.59. The predicted octanol–water partition coefficient (Wildman–Crippen LogP) is 2.70. The van der Waals surface area contributed by atoms with E-state index in [0.717, 1.165) is 11.6 Å². The zero-order valence-electron chi connectivity index (χ0n) is 11.0. The van der Waals surface area contributed by atoms with Gasteiger partial charge in [-0.05, 0) is 31.0 Å². The molecule has 0 amide bonds. The minimum absolute atomic E-state index is 0.464. The highest BCUT2D eigenvalue weighted by molar-refractivity contribution is 6.31. The molecule has 0 aliphatic carbocycles. The van der Waals surface area contributed by atoms with Gasteiger partial charge in [0.1, 0.15) is 0 Å². The molecule has 1 aromatic carbocycles. The van der Waals surface area contributed by atoms with Gasteiger partial charge in [-0.15, -0.1) is 0 Å². The van der Waals surface area contributed by atoms with Gasteiger partial charge in [-0.25, -0.2) is 9.59 Å². The predicted molar refractivity (Wildman–Crippen MR) is 75.9 cm³/mol. The number of rotatable bonds is 1. The molecule has 1 unspecified atom stereocenters. The van der Waals surface area contributed by atoms with Crippen LogP contribution in [-0.4, -0.2) is 28.7 Å². The summed E-state index contributed by atoms with van der Waals surface area (Å²) in [5.74, 6) is -3.65. The Labute approximate surface area is 122 Å². The first-order valence-electron chi connectivity index (χ1n) is 6.46. The van der Waals surface area contributed by atoms with Crippen LogP contribution in [0.3, 0.4) is 0 Å². The minimum Gasteiger partial charge on any atom is -0.473 e. The van der Waals surface area contributed by atoms with Crippen LogP contribution in [0.2, 0.25) is 5.02 Å². The van der Waals surface area contributed by atoms with Crippen LogP contribution < -0.4 is 5.32 Å². The fourth-order valence-corrected chi connectivity index (χ4v) is 2.32. The quantitative estimate of drug-likeness (QED) is 0.694. The number of benzene rings is 1. The number of hydrogen-bond donors (Lipinski definition) is 3. The average molecular weight is 300 g/mol. The van der Waals surface area contributed by atoms with Gasteiger partial charge in [-0.3, -0.25) is 0 Å². The lowest BCUT2D eigenvalue weighted by Crippen LogP contribution is -2.20.